The number of amides is 2. The van der Waals surface area contributed by atoms with E-state index in [1.165, 1.54) is 0 Å². The van der Waals surface area contributed by atoms with Crippen LogP contribution in [0.15, 0.2) is 10.6 Å². The van der Waals surface area contributed by atoms with Crippen LogP contribution in [0.3, 0.4) is 0 Å². The molecule has 2 saturated heterocycles. The van der Waals surface area contributed by atoms with Crippen molar-refractivity contribution in [3.63, 3.8) is 0 Å². The lowest BCUT2D eigenvalue weighted by Crippen LogP contribution is -2.53. The molecule has 2 aliphatic heterocycles. The van der Waals surface area contributed by atoms with Gasteiger partial charge in [-0.15, -0.1) is 0 Å². The molecule has 25 heavy (non-hydrogen) atoms. The predicted octanol–water partition coefficient (Wildman–Crippen LogP) is 0.406. The van der Waals surface area contributed by atoms with E-state index in [4.69, 9.17) is 4.52 Å². The molecule has 0 aliphatic carbocycles. The Morgan fingerprint density at radius 1 is 1.28 bits per heavy atom. The first-order valence-electron chi connectivity index (χ1n) is 8.87. The van der Waals surface area contributed by atoms with Gasteiger partial charge < -0.3 is 14.7 Å². The maximum Gasteiger partial charge on any atom is 0.239 e. The van der Waals surface area contributed by atoms with E-state index in [-0.39, 0.29) is 11.8 Å². The molecule has 1 aromatic heterocycles. The lowest BCUT2D eigenvalue weighted by atomic mass is 10.0. The average Bonchev–Trinajstić information content (AvgIpc) is 3.13. The zero-order valence-corrected chi connectivity index (χ0v) is 15.2. The van der Waals surface area contributed by atoms with Crippen molar-refractivity contribution in [2.75, 3.05) is 51.1 Å². The van der Waals surface area contributed by atoms with Crippen LogP contribution in [0.5, 0.6) is 0 Å². The summed E-state index contributed by atoms with van der Waals surface area (Å²) in [7, 11) is 0. The molecule has 1 N–H and O–H groups in total. The molecule has 0 aromatic carbocycles. The molecule has 138 valence electrons. The van der Waals surface area contributed by atoms with Gasteiger partial charge in [-0.3, -0.25) is 19.4 Å². The summed E-state index contributed by atoms with van der Waals surface area (Å²) in [5.41, 5.74) is 0. The van der Waals surface area contributed by atoms with Crippen LogP contribution in [0.25, 0.3) is 0 Å². The standard InChI is InChI=1S/C17H27N5O3/c1-12-9-20(11-17(24)18-16-8-13(2)25-19-16)10-15(12)22-6-4-21(5-7-22)14(3)23/h8,12,15H,4-7,9-11H2,1-3H3,(H,18,19,24). The first-order valence-corrected chi connectivity index (χ1v) is 8.87. The highest BCUT2D eigenvalue weighted by molar-refractivity contribution is 5.91. The zero-order valence-electron chi connectivity index (χ0n) is 15.2. The molecule has 2 unspecified atom stereocenters. The van der Waals surface area contributed by atoms with Gasteiger partial charge in [0.15, 0.2) is 5.82 Å². The zero-order chi connectivity index (χ0) is 18.0. The Morgan fingerprint density at radius 2 is 2.00 bits per heavy atom. The van der Waals surface area contributed by atoms with E-state index in [2.05, 4.69) is 27.2 Å². The smallest absolute Gasteiger partial charge is 0.239 e. The van der Waals surface area contributed by atoms with E-state index in [0.717, 1.165) is 39.3 Å². The van der Waals surface area contributed by atoms with Crippen LogP contribution >= 0.6 is 0 Å². The Balaban J connectivity index is 1.48. The molecule has 0 bridgehead atoms. The highest BCUT2D eigenvalue weighted by Crippen LogP contribution is 2.23. The van der Waals surface area contributed by atoms with Crippen LogP contribution in [-0.4, -0.2) is 83.5 Å². The first-order chi connectivity index (χ1) is 11.9. The summed E-state index contributed by atoms with van der Waals surface area (Å²) in [4.78, 5) is 30.2. The van der Waals surface area contributed by atoms with Crippen LogP contribution in [0.4, 0.5) is 5.82 Å². The SMILES string of the molecule is CC(=O)N1CCN(C2CN(CC(=O)Nc3cc(C)on3)CC2C)CC1. The van der Waals surface area contributed by atoms with Crippen molar-refractivity contribution in [1.29, 1.82) is 0 Å². The number of nitrogens with one attached hydrogen (secondary N) is 1. The largest absolute Gasteiger partial charge is 0.360 e. The van der Waals surface area contributed by atoms with Crippen LogP contribution in [-0.2, 0) is 9.59 Å². The summed E-state index contributed by atoms with van der Waals surface area (Å²) in [6, 6.07) is 2.15. The maximum atomic E-state index is 12.2. The van der Waals surface area contributed by atoms with Crippen molar-refractivity contribution >= 4 is 17.6 Å². The molecule has 0 spiro atoms. The summed E-state index contributed by atoms with van der Waals surface area (Å²) in [6.45, 7) is 11.2. The van der Waals surface area contributed by atoms with Gasteiger partial charge in [0.05, 0.1) is 6.54 Å². The quantitative estimate of drug-likeness (QED) is 0.848. The van der Waals surface area contributed by atoms with Crippen LogP contribution in [0.1, 0.15) is 19.6 Å². The van der Waals surface area contributed by atoms with Crippen molar-refractivity contribution in [3.05, 3.63) is 11.8 Å². The fourth-order valence-corrected chi connectivity index (χ4v) is 3.83. The number of nitrogens with zero attached hydrogens (tertiary/aromatic N) is 4. The van der Waals surface area contributed by atoms with Gasteiger partial charge in [-0.25, -0.2) is 0 Å². The van der Waals surface area contributed by atoms with Gasteiger partial charge in [-0.05, 0) is 12.8 Å². The van der Waals surface area contributed by atoms with E-state index in [9.17, 15) is 9.59 Å². The third kappa shape index (κ3) is 4.38. The third-order valence-electron chi connectivity index (χ3n) is 5.14. The molecule has 3 rings (SSSR count). The van der Waals surface area contributed by atoms with E-state index < -0.39 is 0 Å². The molecule has 0 saturated carbocycles. The normalized spacial score (nSPS) is 25.3. The Morgan fingerprint density at radius 3 is 2.60 bits per heavy atom. The van der Waals surface area contributed by atoms with Gasteiger partial charge in [0.25, 0.3) is 0 Å². The second-order valence-corrected chi connectivity index (χ2v) is 7.15. The van der Waals surface area contributed by atoms with Crippen LogP contribution in [0, 0.1) is 12.8 Å². The first kappa shape index (κ1) is 17.9. The Hall–Kier alpha value is -1.93. The topological polar surface area (TPSA) is 81.9 Å². The number of hydrogen-bond acceptors (Lipinski definition) is 6. The Labute approximate surface area is 148 Å². The van der Waals surface area contributed by atoms with Crippen molar-refractivity contribution in [3.8, 4) is 0 Å². The summed E-state index contributed by atoms with van der Waals surface area (Å²) in [5.74, 6) is 1.73. The minimum Gasteiger partial charge on any atom is -0.360 e. The molecular formula is C17H27N5O3. The van der Waals surface area contributed by atoms with Crippen LogP contribution in [0.2, 0.25) is 0 Å². The number of likely N-dealkylation sites (tertiary alicyclic amines) is 1. The molecule has 2 aliphatic rings. The van der Waals surface area contributed by atoms with Gasteiger partial charge in [0, 0.05) is 58.3 Å². The molecule has 8 nitrogen and oxygen atoms in total. The molecular weight excluding hydrogens is 322 g/mol. The number of hydrogen-bond donors (Lipinski definition) is 1. The van der Waals surface area contributed by atoms with Crippen molar-refractivity contribution in [2.24, 2.45) is 5.92 Å². The molecule has 3 heterocycles. The highest BCUT2D eigenvalue weighted by atomic mass is 16.5. The van der Waals surface area contributed by atoms with Gasteiger partial charge in [-0.2, -0.15) is 0 Å². The Bertz CT molecular complexity index is 624. The van der Waals surface area contributed by atoms with Crippen molar-refractivity contribution in [2.45, 2.75) is 26.8 Å². The van der Waals surface area contributed by atoms with Gasteiger partial charge in [0.2, 0.25) is 11.8 Å². The van der Waals surface area contributed by atoms with Gasteiger partial charge in [-0.1, -0.05) is 12.1 Å². The molecule has 2 fully saturated rings. The monoisotopic (exact) mass is 349 g/mol. The number of carbonyl (C=O) groups is 2. The van der Waals surface area contributed by atoms with E-state index in [1.807, 2.05) is 4.90 Å². The summed E-state index contributed by atoms with van der Waals surface area (Å²) < 4.78 is 4.96. The molecule has 1 aromatic rings. The minimum absolute atomic E-state index is 0.0671. The second kappa shape index (κ2) is 7.53. The van der Waals surface area contributed by atoms with Crippen LogP contribution < -0.4 is 5.32 Å². The molecule has 8 heteroatoms. The fourth-order valence-electron chi connectivity index (χ4n) is 3.83. The number of anilines is 1. The highest BCUT2D eigenvalue weighted by Gasteiger charge is 2.36. The fraction of sp³-hybridized carbons (Fsp3) is 0.706. The van der Waals surface area contributed by atoms with E-state index in [0.29, 0.717) is 30.1 Å². The lowest BCUT2D eigenvalue weighted by molar-refractivity contribution is -0.131. The van der Waals surface area contributed by atoms with Crippen molar-refractivity contribution < 1.29 is 14.1 Å². The number of aromatic nitrogens is 1. The number of carbonyl (C=O) groups excluding carboxylic acids is 2. The van der Waals surface area contributed by atoms with E-state index >= 15 is 0 Å². The second-order valence-electron chi connectivity index (χ2n) is 7.15. The minimum atomic E-state index is -0.0671. The summed E-state index contributed by atoms with van der Waals surface area (Å²) >= 11 is 0. The predicted molar refractivity (Wildman–Crippen MR) is 93.1 cm³/mol. The van der Waals surface area contributed by atoms with Gasteiger partial charge >= 0.3 is 0 Å². The maximum absolute atomic E-state index is 12.2. The summed E-state index contributed by atoms with van der Waals surface area (Å²) in [5, 5.41) is 6.56. The number of piperazine rings is 1. The molecule has 2 atom stereocenters. The Kier molecular flexibility index (Phi) is 5.39. The van der Waals surface area contributed by atoms with Crippen molar-refractivity contribution in [1.82, 2.24) is 19.9 Å². The number of rotatable bonds is 4. The number of aryl methyl sites for hydroxylation is 1. The average molecular weight is 349 g/mol. The lowest BCUT2D eigenvalue weighted by Gasteiger charge is -2.39. The van der Waals surface area contributed by atoms with E-state index in [1.54, 1.807) is 19.9 Å². The summed E-state index contributed by atoms with van der Waals surface area (Å²) in [6.07, 6.45) is 0. The molecule has 0 radical (unpaired) electrons. The third-order valence-corrected chi connectivity index (χ3v) is 5.14. The molecule has 2 amide bonds. The van der Waals surface area contributed by atoms with Gasteiger partial charge in [0.1, 0.15) is 5.76 Å².